The van der Waals surface area contributed by atoms with Gasteiger partial charge < -0.3 is 57.3 Å². The molecule has 4 aliphatic rings. The zero-order valence-corrected chi connectivity index (χ0v) is 63.9. The molecule has 2 aliphatic carbocycles. The summed E-state index contributed by atoms with van der Waals surface area (Å²) in [6.45, 7) is 38.9. The van der Waals surface area contributed by atoms with Crippen LogP contribution in [0.4, 0.5) is 16.2 Å². The van der Waals surface area contributed by atoms with E-state index in [0.29, 0.717) is 81.0 Å². The molecule has 8 rings (SSSR count). The van der Waals surface area contributed by atoms with Gasteiger partial charge in [0.1, 0.15) is 88.9 Å². The molecule has 25 heteroatoms. The van der Waals surface area contributed by atoms with Gasteiger partial charge in [0.15, 0.2) is 0 Å². The van der Waals surface area contributed by atoms with Gasteiger partial charge in [0.2, 0.25) is 10.7 Å². The fourth-order valence-corrected chi connectivity index (χ4v) is 13.9. The van der Waals surface area contributed by atoms with E-state index in [1.807, 2.05) is 83.8 Å². The third-order valence-corrected chi connectivity index (χ3v) is 19.8. The summed E-state index contributed by atoms with van der Waals surface area (Å²) in [5.41, 5.74) is 8.03. The first kappa shape index (κ1) is 82.8. The van der Waals surface area contributed by atoms with Crippen LogP contribution in [0.3, 0.4) is 0 Å². The van der Waals surface area contributed by atoms with Gasteiger partial charge in [-0.15, -0.1) is 0 Å². The molecule has 2 heterocycles. The molecule has 0 unspecified atom stereocenters. The molecule has 2 N–H and O–H groups in total. The number of esters is 3. The third kappa shape index (κ3) is 22.5. The standard InChI is InChI=1S/C40H52N4O8S.C40H49N3O8S/c1-6-38(45)50-24-22-42-40(46)51-23-14-12-11-13-21-41-28-29-15-18-34(37(25-29)53(47,48)49)39-32-19-16-30(43(7-2)8-3)26-35(32)52-36-27-31(17-20-33(36)39)44(9-4)10-5;1-9-42(10-2)30-14-17-32-35(24-30)51-36-25-31(43(11-3)12-4)15-18-33(36)38(32)34-16-13-29(23-37(34)52(46,47)48)26-41(19-21-49-39(44)27(5)6)20-22-50-40(45)28(7)8/h6,15-20,25-27,41H,1,7-14,21-24,28H2,2-5H3,(H-,42,46,47,48,49);13-18,23-25H,5,7,9-12,19-22,26H2,1-4,6,8H3. The number of ether oxygens (including phenoxy) is 4. The van der Waals surface area contributed by atoms with Gasteiger partial charge in [-0.2, -0.15) is 0 Å². The van der Waals surface area contributed by atoms with Gasteiger partial charge in [-0.1, -0.05) is 56.8 Å². The minimum atomic E-state index is -4.99. The number of unbranched alkanes of at least 4 members (excludes halogenated alkanes) is 3. The van der Waals surface area contributed by atoms with Crippen molar-refractivity contribution in [2.24, 2.45) is 0 Å². The normalized spacial score (nSPS) is 11.5. The van der Waals surface area contributed by atoms with Crippen molar-refractivity contribution in [3.8, 4) is 44.9 Å². The van der Waals surface area contributed by atoms with Crippen molar-refractivity contribution in [1.29, 1.82) is 0 Å². The zero-order chi connectivity index (χ0) is 76.5. The largest absolute Gasteiger partial charge is 0.744 e. The monoisotopic (exact) mass is 1480 g/mol. The maximum atomic E-state index is 13.1. The van der Waals surface area contributed by atoms with E-state index >= 15 is 0 Å². The number of carbonyl (C=O) groups excluding carboxylic acids is 4. The predicted octanol–water partition coefficient (Wildman–Crippen LogP) is 11.7. The van der Waals surface area contributed by atoms with Crippen LogP contribution in [0.5, 0.6) is 0 Å². The molecule has 23 nitrogen and oxygen atoms in total. The van der Waals surface area contributed by atoms with Crippen LogP contribution in [0, 0.1) is 0 Å². The summed E-state index contributed by atoms with van der Waals surface area (Å²) in [4.78, 5) is 52.3. The van der Waals surface area contributed by atoms with E-state index < -0.39 is 44.2 Å². The van der Waals surface area contributed by atoms with Crippen molar-refractivity contribution in [2.45, 2.75) is 118 Å². The van der Waals surface area contributed by atoms with Crippen LogP contribution in [0.25, 0.3) is 66.8 Å². The molecule has 4 aromatic carbocycles. The van der Waals surface area contributed by atoms with E-state index in [2.05, 4.69) is 105 Å². The molecule has 0 radical (unpaired) electrons. The van der Waals surface area contributed by atoms with Crippen LogP contribution in [0.2, 0.25) is 0 Å². The van der Waals surface area contributed by atoms with Gasteiger partial charge in [-0.05, 0) is 148 Å². The average molecular weight is 1480 g/mol. The number of amides is 1. The van der Waals surface area contributed by atoms with Gasteiger partial charge in [-0.3, -0.25) is 4.90 Å². The Bertz CT molecular complexity index is 4680. The number of rotatable bonds is 37. The Morgan fingerprint density at radius 2 is 0.962 bits per heavy atom. The molecule has 0 aromatic heterocycles. The second-order valence-electron chi connectivity index (χ2n) is 25.1. The molecule has 4 aromatic rings. The van der Waals surface area contributed by atoms with Crippen molar-refractivity contribution >= 4 is 77.6 Å². The second kappa shape index (κ2) is 39.6. The number of hydrogen-bond donors (Lipinski definition) is 2. The molecule has 1 amide bonds. The van der Waals surface area contributed by atoms with Crippen molar-refractivity contribution in [3.05, 3.63) is 168 Å². The molecule has 0 atom stereocenters. The van der Waals surface area contributed by atoms with Crippen molar-refractivity contribution in [1.82, 2.24) is 24.7 Å². The summed E-state index contributed by atoms with van der Waals surface area (Å²) in [6.07, 6.45) is 3.82. The highest BCUT2D eigenvalue weighted by molar-refractivity contribution is 7.86. The molecule has 0 bridgehead atoms. The number of carbonyl (C=O) groups is 4. The Balaban J connectivity index is 0.000000293. The van der Waals surface area contributed by atoms with E-state index in [9.17, 15) is 45.1 Å². The molecule has 564 valence electrons. The number of benzene rings is 6. The van der Waals surface area contributed by atoms with Crippen LogP contribution in [0.1, 0.15) is 106 Å². The van der Waals surface area contributed by atoms with Gasteiger partial charge in [0.25, 0.3) is 0 Å². The lowest BCUT2D eigenvalue weighted by Gasteiger charge is -2.24. The topological polar surface area (TPSA) is 286 Å². The Labute approximate surface area is 617 Å². The quantitative estimate of drug-likeness (QED) is 0.00696. The first-order valence-electron chi connectivity index (χ1n) is 35.9. The van der Waals surface area contributed by atoms with Crippen LogP contribution >= 0.6 is 0 Å². The van der Waals surface area contributed by atoms with Gasteiger partial charge in [-0.25, -0.2) is 45.2 Å². The minimum Gasteiger partial charge on any atom is -0.744 e. The number of nitrogens with one attached hydrogen (secondary N) is 2. The van der Waals surface area contributed by atoms with Gasteiger partial charge >= 0.3 is 24.0 Å². The summed E-state index contributed by atoms with van der Waals surface area (Å²) in [5.74, 6) is -0.473. The highest BCUT2D eigenvalue weighted by atomic mass is 32.2. The molecule has 2 aliphatic heterocycles. The first-order valence-corrected chi connectivity index (χ1v) is 38.7. The molecular formula is C80H101N7O16S2. The molecule has 0 saturated carbocycles. The summed E-state index contributed by atoms with van der Waals surface area (Å²) >= 11 is 0. The lowest BCUT2D eigenvalue weighted by atomic mass is 9.92. The maximum absolute atomic E-state index is 13.1. The molecule has 0 fully saturated rings. The third-order valence-electron chi connectivity index (χ3n) is 18.0. The summed E-state index contributed by atoms with van der Waals surface area (Å²) in [6, 6.07) is 33.4. The predicted molar refractivity (Wildman–Crippen MR) is 410 cm³/mol. The fraction of sp³-hybridized carbons (Fsp3) is 0.400. The second-order valence-corrected chi connectivity index (χ2v) is 27.8. The zero-order valence-electron chi connectivity index (χ0n) is 62.2. The fourth-order valence-electron chi connectivity index (χ4n) is 12.5. The number of anilines is 2. The smallest absolute Gasteiger partial charge is 0.407 e. The molecule has 0 saturated heterocycles. The highest BCUT2D eigenvalue weighted by Crippen LogP contribution is 2.45. The maximum Gasteiger partial charge on any atom is 0.407 e. The van der Waals surface area contributed by atoms with E-state index in [1.54, 1.807) is 32.0 Å². The van der Waals surface area contributed by atoms with E-state index in [-0.39, 0.29) is 79.1 Å². The highest BCUT2D eigenvalue weighted by Gasteiger charge is 2.27. The van der Waals surface area contributed by atoms with E-state index in [1.165, 1.54) is 12.1 Å². The van der Waals surface area contributed by atoms with Crippen LogP contribution in [-0.2, 0) is 66.7 Å². The lowest BCUT2D eigenvalue weighted by molar-refractivity contribution is -0.140. The van der Waals surface area contributed by atoms with E-state index in [0.717, 1.165) is 111 Å². The van der Waals surface area contributed by atoms with Crippen molar-refractivity contribution in [3.63, 3.8) is 0 Å². The Morgan fingerprint density at radius 1 is 0.514 bits per heavy atom. The Kier molecular flexibility index (Phi) is 31.2. The number of alkyl carbamates (subject to hydrolysis) is 1. The Morgan fingerprint density at radius 3 is 1.40 bits per heavy atom. The molecular weight excluding hydrogens is 1380 g/mol. The number of fused-ring (bicyclic) bond motifs is 4. The summed E-state index contributed by atoms with van der Waals surface area (Å²) in [5, 5.41) is 9.19. The minimum absolute atomic E-state index is 0.0153. The van der Waals surface area contributed by atoms with Gasteiger partial charge in [0, 0.05) is 149 Å². The number of nitrogens with zero attached hydrogens (tertiary/aromatic N) is 5. The first-order chi connectivity index (χ1) is 50.2. The molecule has 0 spiro atoms. The van der Waals surface area contributed by atoms with Crippen LogP contribution < -0.4 is 40.3 Å². The van der Waals surface area contributed by atoms with Crippen LogP contribution in [0.15, 0.2) is 165 Å². The van der Waals surface area contributed by atoms with E-state index in [4.69, 9.17) is 27.8 Å². The number of hydrogen-bond acceptors (Lipinski definition) is 20. The molecule has 105 heavy (non-hydrogen) atoms. The Hall–Kier alpha value is -9.50. The summed E-state index contributed by atoms with van der Waals surface area (Å²) < 4.78 is 116. The average Bonchev–Trinajstić information content (AvgIpc) is 0.747. The SMILES string of the molecule is C=C(C)C(=O)OCCN(CCOC(=O)C(=C)C)Cc1ccc(-c2c3ccc(=[N+](CC)CC)cc-3oc3cc(N(CC)CC)ccc23)c(S(=O)(=O)[O-])c1.C=CC(=O)OCCNC(=O)OCCCCCCNCc1ccc(-c2c3ccc(=[N+](CC)CC)cc-3oc3cc(N(CC)CC)ccc23)c(S(=O)(=O)[O-])c1. The lowest BCUT2D eigenvalue weighted by Crippen LogP contribution is -2.32. The van der Waals surface area contributed by atoms with Crippen molar-refractivity contribution < 1.29 is 72.9 Å². The van der Waals surface area contributed by atoms with Crippen LogP contribution in [-0.4, -0.2) is 160 Å². The summed E-state index contributed by atoms with van der Waals surface area (Å²) in [7, 11) is -9.84. The van der Waals surface area contributed by atoms with Gasteiger partial charge in [0.05, 0.1) is 35.1 Å². The van der Waals surface area contributed by atoms with Crippen molar-refractivity contribution in [2.75, 3.05) is 115 Å².